The Labute approximate surface area is 114 Å². The third-order valence-electron chi connectivity index (χ3n) is 2.77. The molecule has 3 N–H and O–H groups in total. The van der Waals surface area contributed by atoms with Crippen LogP contribution in [0.15, 0.2) is 18.2 Å². The van der Waals surface area contributed by atoms with Crippen LogP contribution in [-0.2, 0) is 0 Å². The minimum Gasteiger partial charge on any atom is -0.491 e. The molecular formula is C14H23ClNO2+. The number of aliphatic hydroxyl groups is 1. The third kappa shape index (κ3) is 5.71. The highest BCUT2D eigenvalue weighted by Crippen LogP contribution is 2.20. The number of ether oxygens (including phenoxy) is 1. The van der Waals surface area contributed by atoms with E-state index in [0.29, 0.717) is 13.2 Å². The molecule has 0 bridgehead atoms. The van der Waals surface area contributed by atoms with Crippen LogP contribution in [-0.4, -0.2) is 30.9 Å². The number of aliphatic hydroxyl groups excluding tert-OH is 1. The lowest BCUT2D eigenvalue weighted by atomic mass is 10.2. The van der Waals surface area contributed by atoms with E-state index in [-0.39, 0.29) is 0 Å². The Morgan fingerprint density at radius 2 is 2.22 bits per heavy atom. The first-order valence-electron chi connectivity index (χ1n) is 6.52. The first-order valence-corrected chi connectivity index (χ1v) is 6.90. The lowest BCUT2D eigenvalue weighted by molar-refractivity contribution is -0.661. The molecule has 0 radical (unpaired) electrons. The molecule has 18 heavy (non-hydrogen) atoms. The highest BCUT2D eigenvalue weighted by molar-refractivity contribution is 6.31. The van der Waals surface area contributed by atoms with Gasteiger partial charge < -0.3 is 15.2 Å². The molecule has 0 amide bonds. The Kier molecular flexibility index (Phi) is 7.09. The molecule has 0 spiro atoms. The van der Waals surface area contributed by atoms with Crippen molar-refractivity contribution in [1.82, 2.24) is 0 Å². The maximum Gasteiger partial charge on any atom is 0.137 e. The van der Waals surface area contributed by atoms with E-state index in [2.05, 4.69) is 12.2 Å². The second kappa shape index (κ2) is 8.35. The van der Waals surface area contributed by atoms with Crippen LogP contribution in [0.25, 0.3) is 0 Å². The van der Waals surface area contributed by atoms with E-state index in [1.807, 2.05) is 25.1 Å². The molecule has 0 aliphatic heterocycles. The molecular weight excluding hydrogens is 250 g/mol. The number of benzene rings is 1. The topological polar surface area (TPSA) is 46.1 Å². The zero-order valence-corrected chi connectivity index (χ0v) is 11.9. The third-order valence-corrected chi connectivity index (χ3v) is 3.20. The molecule has 0 heterocycles. The summed E-state index contributed by atoms with van der Waals surface area (Å²) in [7, 11) is 0. The molecule has 102 valence electrons. The van der Waals surface area contributed by atoms with Crippen LogP contribution in [0.4, 0.5) is 0 Å². The lowest BCUT2D eigenvalue weighted by Crippen LogP contribution is -2.86. The molecule has 1 atom stereocenters. The molecule has 1 aromatic rings. The molecule has 0 aliphatic carbocycles. The van der Waals surface area contributed by atoms with E-state index < -0.39 is 6.10 Å². The van der Waals surface area contributed by atoms with Crippen molar-refractivity contribution in [2.24, 2.45) is 0 Å². The number of quaternary nitrogens is 1. The normalized spacial score (nSPS) is 12.4. The highest BCUT2D eigenvalue weighted by Gasteiger charge is 2.07. The summed E-state index contributed by atoms with van der Waals surface area (Å²) < 4.78 is 5.53. The number of unbranched alkanes of at least 4 members (excludes halogenated alkanes) is 1. The smallest absolute Gasteiger partial charge is 0.137 e. The van der Waals surface area contributed by atoms with Crippen LogP contribution in [0.1, 0.15) is 25.3 Å². The van der Waals surface area contributed by atoms with Gasteiger partial charge in [0.2, 0.25) is 0 Å². The minimum atomic E-state index is -0.433. The second-order valence-electron chi connectivity index (χ2n) is 4.54. The van der Waals surface area contributed by atoms with Gasteiger partial charge in [-0.3, -0.25) is 0 Å². The van der Waals surface area contributed by atoms with Crippen LogP contribution >= 0.6 is 11.6 Å². The van der Waals surface area contributed by atoms with E-state index in [1.54, 1.807) is 0 Å². The molecule has 3 nitrogen and oxygen atoms in total. The second-order valence-corrected chi connectivity index (χ2v) is 4.95. The standard InChI is InChI=1S/C14H22ClNO2/c1-3-4-7-16-9-12(17)10-18-13-5-6-14(15)11(2)8-13/h5-6,8,12,16-17H,3-4,7,9-10H2,1-2H3/p+1/t12-/m1/s1. The van der Waals surface area contributed by atoms with Gasteiger partial charge in [-0.15, -0.1) is 0 Å². The van der Waals surface area contributed by atoms with Crippen molar-refractivity contribution in [3.8, 4) is 5.75 Å². The molecule has 0 aliphatic rings. The van der Waals surface area contributed by atoms with Gasteiger partial charge in [-0.05, 0) is 37.1 Å². The summed E-state index contributed by atoms with van der Waals surface area (Å²) >= 11 is 5.93. The van der Waals surface area contributed by atoms with Gasteiger partial charge in [0, 0.05) is 5.02 Å². The van der Waals surface area contributed by atoms with E-state index in [0.717, 1.165) is 22.9 Å². The van der Waals surface area contributed by atoms with Gasteiger partial charge in [0.05, 0.1) is 6.54 Å². The Morgan fingerprint density at radius 1 is 1.44 bits per heavy atom. The summed E-state index contributed by atoms with van der Waals surface area (Å²) in [6.07, 6.45) is 1.94. The fourth-order valence-corrected chi connectivity index (χ4v) is 1.74. The molecule has 4 heteroatoms. The van der Waals surface area contributed by atoms with Crippen molar-refractivity contribution >= 4 is 11.6 Å². The maximum atomic E-state index is 9.75. The van der Waals surface area contributed by atoms with Gasteiger partial charge >= 0.3 is 0 Å². The zero-order chi connectivity index (χ0) is 13.4. The summed E-state index contributed by atoms with van der Waals surface area (Å²) in [5.74, 6) is 0.754. The van der Waals surface area contributed by atoms with E-state index in [1.165, 1.54) is 12.8 Å². The molecule has 1 rings (SSSR count). The maximum absolute atomic E-state index is 9.75. The number of hydrogen-bond acceptors (Lipinski definition) is 2. The van der Waals surface area contributed by atoms with Crippen LogP contribution in [0.5, 0.6) is 5.75 Å². The average Bonchev–Trinajstić information content (AvgIpc) is 2.36. The number of halogens is 1. The number of aryl methyl sites for hydroxylation is 1. The summed E-state index contributed by atoms with van der Waals surface area (Å²) in [4.78, 5) is 0. The quantitative estimate of drug-likeness (QED) is 0.709. The molecule has 0 saturated carbocycles. The van der Waals surface area contributed by atoms with Gasteiger partial charge in [-0.25, -0.2) is 0 Å². The van der Waals surface area contributed by atoms with Gasteiger partial charge in [0.15, 0.2) is 0 Å². The molecule has 0 fully saturated rings. The Morgan fingerprint density at radius 3 is 2.89 bits per heavy atom. The Balaban J connectivity index is 2.24. The van der Waals surface area contributed by atoms with Gasteiger partial charge in [-0.2, -0.15) is 0 Å². The largest absolute Gasteiger partial charge is 0.491 e. The minimum absolute atomic E-state index is 0.323. The first-order chi connectivity index (χ1) is 8.63. The fraction of sp³-hybridized carbons (Fsp3) is 0.571. The van der Waals surface area contributed by atoms with Crippen LogP contribution in [0, 0.1) is 6.92 Å². The van der Waals surface area contributed by atoms with Crippen LogP contribution < -0.4 is 10.1 Å². The summed E-state index contributed by atoms with van der Waals surface area (Å²) in [5.41, 5.74) is 0.984. The molecule has 0 unspecified atom stereocenters. The summed E-state index contributed by atoms with van der Waals surface area (Å²) in [5, 5.41) is 12.6. The predicted molar refractivity (Wildman–Crippen MR) is 74.3 cm³/mol. The van der Waals surface area contributed by atoms with Crippen LogP contribution in [0.2, 0.25) is 5.02 Å². The van der Waals surface area contributed by atoms with E-state index >= 15 is 0 Å². The van der Waals surface area contributed by atoms with Crippen molar-refractivity contribution in [1.29, 1.82) is 0 Å². The van der Waals surface area contributed by atoms with Gasteiger partial charge in [0.1, 0.15) is 25.0 Å². The Hall–Kier alpha value is -0.770. The highest BCUT2D eigenvalue weighted by atomic mass is 35.5. The SMILES string of the molecule is CCCC[NH2+]C[C@@H](O)COc1ccc(Cl)c(C)c1. The van der Waals surface area contributed by atoms with E-state index in [9.17, 15) is 5.11 Å². The monoisotopic (exact) mass is 272 g/mol. The van der Waals surface area contributed by atoms with Crippen LogP contribution in [0.3, 0.4) is 0 Å². The van der Waals surface area contributed by atoms with Gasteiger partial charge in [0.25, 0.3) is 0 Å². The number of rotatable bonds is 8. The van der Waals surface area contributed by atoms with E-state index in [4.69, 9.17) is 16.3 Å². The molecule has 1 aromatic carbocycles. The molecule has 0 saturated heterocycles. The summed E-state index contributed by atoms with van der Waals surface area (Å²) in [6.45, 7) is 6.17. The predicted octanol–water partition coefficient (Wildman–Crippen LogP) is 1.75. The summed E-state index contributed by atoms with van der Waals surface area (Å²) in [6, 6.07) is 5.52. The van der Waals surface area contributed by atoms with Crippen molar-refractivity contribution in [2.75, 3.05) is 19.7 Å². The van der Waals surface area contributed by atoms with Crippen molar-refractivity contribution in [3.05, 3.63) is 28.8 Å². The Bertz CT molecular complexity index is 358. The number of hydrogen-bond donors (Lipinski definition) is 2. The first kappa shape index (κ1) is 15.3. The van der Waals surface area contributed by atoms with Crippen molar-refractivity contribution < 1.29 is 15.2 Å². The lowest BCUT2D eigenvalue weighted by Gasteiger charge is -2.12. The van der Waals surface area contributed by atoms with Crippen molar-refractivity contribution in [3.63, 3.8) is 0 Å². The number of nitrogens with two attached hydrogens (primary N) is 1. The molecule has 0 aromatic heterocycles. The zero-order valence-electron chi connectivity index (χ0n) is 11.2. The fourth-order valence-electron chi connectivity index (χ4n) is 1.63. The average molecular weight is 273 g/mol. The van der Waals surface area contributed by atoms with Gasteiger partial charge in [-0.1, -0.05) is 24.9 Å². The van der Waals surface area contributed by atoms with Crippen molar-refractivity contribution in [2.45, 2.75) is 32.8 Å².